The van der Waals surface area contributed by atoms with E-state index in [1.807, 2.05) is 11.3 Å². The molecule has 1 saturated heterocycles. The molecule has 2 nitrogen and oxygen atoms in total. The van der Waals surface area contributed by atoms with Gasteiger partial charge in [-0.2, -0.15) is 0 Å². The van der Waals surface area contributed by atoms with E-state index in [-0.39, 0.29) is 12.4 Å². The van der Waals surface area contributed by atoms with Gasteiger partial charge in [-0.15, -0.1) is 23.7 Å². The Morgan fingerprint density at radius 3 is 2.75 bits per heavy atom. The average molecular weight is 261 g/mol. The zero-order valence-corrected chi connectivity index (χ0v) is 11.9. The molecular formula is C12H21ClN2S. The first-order valence-electron chi connectivity index (χ1n) is 5.63. The van der Waals surface area contributed by atoms with Crippen LogP contribution in [0.15, 0.2) is 6.07 Å². The highest BCUT2D eigenvalue weighted by Gasteiger charge is 2.19. The molecule has 92 valence electrons. The number of aryl methyl sites for hydroxylation is 2. The second-order valence-electron chi connectivity index (χ2n) is 4.50. The van der Waals surface area contributed by atoms with E-state index in [4.69, 9.17) is 0 Å². The van der Waals surface area contributed by atoms with Crippen molar-refractivity contribution in [1.29, 1.82) is 0 Å². The van der Waals surface area contributed by atoms with Crippen LogP contribution in [0.4, 0.5) is 0 Å². The largest absolute Gasteiger partial charge is 0.315 e. The van der Waals surface area contributed by atoms with E-state index in [9.17, 15) is 0 Å². The molecule has 1 N–H and O–H groups in total. The molecule has 0 bridgehead atoms. The van der Waals surface area contributed by atoms with Crippen LogP contribution in [0.2, 0.25) is 0 Å². The maximum Gasteiger partial charge on any atom is 0.0245 e. The predicted molar refractivity (Wildman–Crippen MR) is 73.8 cm³/mol. The molecule has 1 unspecified atom stereocenters. The topological polar surface area (TPSA) is 15.3 Å². The van der Waals surface area contributed by atoms with Crippen LogP contribution >= 0.6 is 23.7 Å². The van der Waals surface area contributed by atoms with Gasteiger partial charge in [0, 0.05) is 28.9 Å². The van der Waals surface area contributed by atoms with Crippen LogP contribution in [0.3, 0.4) is 0 Å². The van der Waals surface area contributed by atoms with Crippen LogP contribution in [0.25, 0.3) is 0 Å². The first-order valence-corrected chi connectivity index (χ1v) is 6.45. The third-order valence-electron chi connectivity index (χ3n) is 3.22. The van der Waals surface area contributed by atoms with Crippen LogP contribution < -0.4 is 5.32 Å². The fraction of sp³-hybridized carbons (Fsp3) is 0.667. The molecule has 2 heterocycles. The Kier molecular flexibility index (Phi) is 5.25. The molecule has 0 aromatic carbocycles. The first-order chi connectivity index (χ1) is 7.16. The number of halogens is 1. The summed E-state index contributed by atoms with van der Waals surface area (Å²) in [6, 6.07) is 3.06. The summed E-state index contributed by atoms with van der Waals surface area (Å²) in [6.07, 6.45) is 1.29. The van der Waals surface area contributed by atoms with Gasteiger partial charge in [-0.1, -0.05) is 0 Å². The number of nitrogens with zero attached hydrogens (tertiary/aromatic N) is 1. The SMILES string of the molecule is Cc1cc(CN(C)C2CCNC2)c(C)s1.Cl. The molecule has 1 aromatic heterocycles. The normalized spacial score (nSPS) is 20.1. The molecule has 0 spiro atoms. The number of hydrogen-bond donors (Lipinski definition) is 1. The maximum absolute atomic E-state index is 3.42. The minimum absolute atomic E-state index is 0. The second kappa shape index (κ2) is 6.01. The molecule has 1 aliphatic heterocycles. The number of thiophene rings is 1. The second-order valence-corrected chi connectivity index (χ2v) is 5.96. The van der Waals surface area contributed by atoms with E-state index in [2.05, 4.69) is 37.2 Å². The number of rotatable bonds is 3. The molecule has 1 atom stereocenters. The molecule has 16 heavy (non-hydrogen) atoms. The zero-order valence-electron chi connectivity index (χ0n) is 10.2. The number of hydrogen-bond acceptors (Lipinski definition) is 3. The fourth-order valence-corrected chi connectivity index (χ4v) is 3.19. The zero-order chi connectivity index (χ0) is 10.8. The van der Waals surface area contributed by atoms with Crippen molar-refractivity contribution < 1.29 is 0 Å². The molecule has 1 aromatic rings. The van der Waals surface area contributed by atoms with E-state index in [0.29, 0.717) is 0 Å². The summed E-state index contributed by atoms with van der Waals surface area (Å²) < 4.78 is 0. The van der Waals surface area contributed by atoms with Gasteiger partial charge in [-0.05, 0) is 45.5 Å². The van der Waals surface area contributed by atoms with Crippen molar-refractivity contribution in [2.75, 3.05) is 20.1 Å². The minimum atomic E-state index is 0. The summed E-state index contributed by atoms with van der Waals surface area (Å²) in [5, 5.41) is 3.42. The summed E-state index contributed by atoms with van der Waals surface area (Å²) >= 11 is 1.91. The Labute approximate surface area is 108 Å². The smallest absolute Gasteiger partial charge is 0.0245 e. The molecule has 0 saturated carbocycles. The minimum Gasteiger partial charge on any atom is -0.315 e. The Morgan fingerprint density at radius 1 is 1.50 bits per heavy atom. The number of likely N-dealkylation sites (N-methyl/N-ethyl adjacent to an activating group) is 1. The highest BCUT2D eigenvalue weighted by Crippen LogP contribution is 2.22. The van der Waals surface area contributed by atoms with E-state index >= 15 is 0 Å². The van der Waals surface area contributed by atoms with Gasteiger partial charge >= 0.3 is 0 Å². The average Bonchev–Trinajstić information content (AvgIpc) is 2.76. The van der Waals surface area contributed by atoms with E-state index in [1.165, 1.54) is 28.3 Å². The lowest BCUT2D eigenvalue weighted by Crippen LogP contribution is -2.32. The summed E-state index contributed by atoms with van der Waals surface area (Å²) in [7, 11) is 2.24. The lowest BCUT2D eigenvalue weighted by Gasteiger charge is -2.23. The summed E-state index contributed by atoms with van der Waals surface area (Å²) in [5.41, 5.74) is 1.51. The molecule has 1 fully saturated rings. The lowest BCUT2D eigenvalue weighted by molar-refractivity contribution is 0.249. The van der Waals surface area contributed by atoms with Crippen molar-refractivity contribution in [1.82, 2.24) is 10.2 Å². The molecule has 1 aliphatic rings. The summed E-state index contributed by atoms with van der Waals surface area (Å²) in [6.45, 7) is 7.85. The van der Waals surface area contributed by atoms with Gasteiger partial charge in [0.05, 0.1) is 0 Å². The van der Waals surface area contributed by atoms with Crippen LogP contribution in [0, 0.1) is 13.8 Å². The fourth-order valence-electron chi connectivity index (χ4n) is 2.25. The van der Waals surface area contributed by atoms with Crippen molar-refractivity contribution in [2.45, 2.75) is 32.9 Å². The van der Waals surface area contributed by atoms with Gasteiger partial charge in [0.15, 0.2) is 0 Å². The Bertz CT molecular complexity index is 332. The van der Waals surface area contributed by atoms with Crippen LogP contribution in [-0.4, -0.2) is 31.1 Å². The highest BCUT2D eigenvalue weighted by molar-refractivity contribution is 7.12. The van der Waals surface area contributed by atoms with E-state index in [0.717, 1.165) is 19.1 Å². The van der Waals surface area contributed by atoms with Crippen LogP contribution in [0.5, 0.6) is 0 Å². The van der Waals surface area contributed by atoms with Gasteiger partial charge in [-0.3, -0.25) is 4.90 Å². The van der Waals surface area contributed by atoms with Crippen molar-refractivity contribution in [2.24, 2.45) is 0 Å². The molecule has 0 aliphatic carbocycles. The standard InChI is InChI=1S/C12H20N2S.ClH/c1-9-6-11(10(2)15-9)8-14(3)12-4-5-13-7-12;/h6,12-13H,4-5,7-8H2,1-3H3;1H. The van der Waals surface area contributed by atoms with Crippen molar-refractivity contribution >= 4 is 23.7 Å². The van der Waals surface area contributed by atoms with Crippen LogP contribution in [-0.2, 0) is 6.54 Å². The van der Waals surface area contributed by atoms with Crippen molar-refractivity contribution in [3.63, 3.8) is 0 Å². The number of nitrogens with one attached hydrogen (secondary N) is 1. The van der Waals surface area contributed by atoms with Gasteiger partial charge in [-0.25, -0.2) is 0 Å². The Balaban J connectivity index is 0.00000128. The van der Waals surface area contributed by atoms with Gasteiger partial charge in [0.1, 0.15) is 0 Å². The molecule has 2 rings (SSSR count). The summed E-state index contributed by atoms with van der Waals surface area (Å²) in [5.74, 6) is 0. The molecule has 0 radical (unpaired) electrons. The molecule has 4 heteroatoms. The first kappa shape index (κ1) is 14.0. The highest BCUT2D eigenvalue weighted by atomic mass is 35.5. The predicted octanol–water partition coefficient (Wildman–Crippen LogP) is 2.58. The monoisotopic (exact) mass is 260 g/mol. The quantitative estimate of drug-likeness (QED) is 0.899. The third kappa shape index (κ3) is 3.20. The van der Waals surface area contributed by atoms with E-state index in [1.54, 1.807) is 0 Å². The van der Waals surface area contributed by atoms with E-state index < -0.39 is 0 Å². The van der Waals surface area contributed by atoms with Gasteiger partial charge in [0.2, 0.25) is 0 Å². The Hall–Kier alpha value is -0.0900. The summed E-state index contributed by atoms with van der Waals surface area (Å²) in [4.78, 5) is 5.39. The molecular weight excluding hydrogens is 240 g/mol. The van der Waals surface area contributed by atoms with Gasteiger partial charge in [0.25, 0.3) is 0 Å². The van der Waals surface area contributed by atoms with Crippen molar-refractivity contribution in [3.8, 4) is 0 Å². The van der Waals surface area contributed by atoms with Gasteiger partial charge < -0.3 is 5.32 Å². The third-order valence-corrected chi connectivity index (χ3v) is 4.23. The lowest BCUT2D eigenvalue weighted by atomic mass is 10.2. The maximum atomic E-state index is 3.42. The van der Waals surface area contributed by atoms with Crippen LogP contribution in [0.1, 0.15) is 21.7 Å². The van der Waals surface area contributed by atoms with Crippen molar-refractivity contribution in [3.05, 3.63) is 21.4 Å². The molecule has 0 amide bonds. The Morgan fingerprint density at radius 2 is 2.25 bits per heavy atom.